The third kappa shape index (κ3) is 3.67. The Kier molecular flexibility index (Phi) is 4.87. The van der Waals surface area contributed by atoms with Crippen molar-refractivity contribution in [3.63, 3.8) is 0 Å². The third-order valence-corrected chi connectivity index (χ3v) is 4.84. The first-order valence-electron chi connectivity index (χ1n) is 8.32. The zero-order valence-corrected chi connectivity index (χ0v) is 13.5. The summed E-state index contributed by atoms with van der Waals surface area (Å²) >= 11 is 0. The summed E-state index contributed by atoms with van der Waals surface area (Å²) in [7, 11) is 0. The lowest BCUT2D eigenvalue weighted by molar-refractivity contribution is -0.117. The molecule has 1 aromatic heterocycles. The first kappa shape index (κ1) is 15.9. The van der Waals surface area contributed by atoms with Gasteiger partial charge in [0, 0.05) is 18.4 Å². The fourth-order valence-electron chi connectivity index (χ4n) is 3.51. The second-order valence-electron chi connectivity index (χ2n) is 6.52. The number of Topliss-reactive ketones (excluding diaryl/α,β-unsaturated/α-hetero) is 1. The first-order valence-corrected chi connectivity index (χ1v) is 8.32. The van der Waals surface area contributed by atoms with Crippen molar-refractivity contribution in [2.45, 2.75) is 50.5 Å². The minimum absolute atomic E-state index is 0.116. The van der Waals surface area contributed by atoms with Crippen LogP contribution in [0.4, 0.5) is 0 Å². The van der Waals surface area contributed by atoms with Gasteiger partial charge in [-0.2, -0.15) is 0 Å². The average molecular weight is 307 g/mol. The van der Waals surface area contributed by atoms with E-state index in [0.717, 1.165) is 36.8 Å². The quantitative estimate of drug-likeness (QED) is 0.939. The zero-order valence-electron chi connectivity index (χ0n) is 13.5. The average Bonchev–Trinajstić information content (AvgIpc) is 2.57. The number of nitrogens with two attached hydrogens (primary N) is 1. The second-order valence-corrected chi connectivity index (χ2v) is 6.52. The van der Waals surface area contributed by atoms with Crippen LogP contribution in [0.1, 0.15) is 61.1 Å². The Morgan fingerprint density at radius 1 is 1.26 bits per heavy atom. The highest BCUT2D eigenvalue weighted by Gasteiger charge is 2.22. The molecule has 3 nitrogen and oxygen atoms in total. The van der Waals surface area contributed by atoms with Crippen molar-refractivity contribution in [3.05, 3.63) is 65.5 Å². The molecule has 2 aromatic rings. The second kappa shape index (κ2) is 7.05. The van der Waals surface area contributed by atoms with Gasteiger partial charge in [-0.3, -0.25) is 9.78 Å². The summed E-state index contributed by atoms with van der Waals surface area (Å²) in [4.78, 5) is 16.2. The fraction of sp³-hybridized carbons (Fsp3) is 0.400. The Morgan fingerprint density at radius 3 is 2.61 bits per heavy atom. The Hall–Kier alpha value is -2.00. The Balaban J connectivity index is 1.81. The van der Waals surface area contributed by atoms with E-state index < -0.39 is 0 Å². The molecule has 1 aliphatic carbocycles. The molecule has 1 saturated carbocycles. The van der Waals surface area contributed by atoms with Crippen molar-refractivity contribution in [1.82, 2.24) is 4.98 Å². The highest BCUT2D eigenvalue weighted by atomic mass is 16.1. The molecule has 0 amide bonds. The minimum atomic E-state index is -0.280. The van der Waals surface area contributed by atoms with Crippen molar-refractivity contribution in [2.75, 3.05) is 0 Å². The molecule has 3 heteroatoms. The molecule has 0 spiro atoms. The summed E-state index contributed by atoms with van der Waals surface area (Å²) < 4.78 is 0. The van der Waals surface area contributed by atoms with Crippen molar-refractivity contribution < 1.29 is 4.79 Å². The predicted molar refractivity (Wildman–Crippen MR) is 91.2 cm³/mol. The fourth-order valence-corrected chi connectivity index (χ4v) is 3.51. The number of hydrogen-bond donors (Lipinski definition) is 1. The largest absolute Gasteiger partial charge is 0.328 e. The van der Waals surface area contributed by atoms with E-state index in [1.54, 1.807) is 19.3 Å². The molecule has 1 fully saturated rings. The normalized spacial score (nSPS) is 22.5. The number of hydrogen-bond acceptors (Lipinski definition) is 3. The Morgan fingerprint density at radius 2 is 2.04 bits per heavy atom. The van der Waals surface area contributed by atoms with Crippen LogP contribution in [0.15, 0.2) is 42.7 Å². The molecule has 1 aliphatic rings. The smallest absolute Gasteiger partial charge is 0.141 e. The van der Waals surface area contributed by atoms with Gasteiger partial charge >= 0.3 is 0 Å². The number of carbonyl (C=O) groups excluding carboxylic acids is 1. The Bertz CT molecular complexity index is 643. The molecular formula is C20H23N2O. The van der Waals surface area contributed by atoms with Gasteiger partial charge in [0.05, 0.1) is 5.92 Å². The lowest BCUT2D eigenvalue weighted by atomic mass is 9.81. The van der Waals surface area contributed by atoms with Gasteiger partial charge in [-0.1, -0.05) is 24.3 Å². The lowest BCUT2D eigenvalue weighted by Gasteiger charge is -2.26. The van der Waals surface area contributed by atoms with Gasteiger partial charge < -0.3 is 5.73 Å². The van der Waals surface area contributed by atoms with Crippen molar-refractivity contribution in [3.8, 4) is 0 Å². The molecule has 2 N–H and O–H groups in total. The van der Waals surface area contributed by atoms with E-state index in [2.05, 4.69) is 23.2 Å². The molecule has 0 saturated heterocycles. The SMILES string of the molecule is CC(=O)C(c1[c]cc(C2CCC(N)CC2)cc1)c1cccnc1. The monoisotopic (exact) mass is 307 g/mol. The van der Waals surface area contributed by atoms with Crippen LogP contribution in [-0.4, -0.2) is 16.8 Å². The molecule has 119 valence electrons. The van der Waals surface area contributed by atoms with Gasteiger partial charge in [-0.25, -0.2) is 0 Å². The molecule has 1 unspecified atom stereocenters. The van der Waals surface area contributed by atoms with Crippen LogP contribution in [0, 0.1) is 6.07 Å². The van der Waals surface area contributed by atoms with Crippen LogP contribution in [0.3, 0.4) is 0 Å². The van der Waals surface area contributed by atoms with Crippen molar-refractivity contribution in [1.29, 1.82) is 0 Å². The molecule has 0 aliphatic heterocycles. The number of pyridine rings is 1. The zero-order chi connectivity index (χ0) is 16.2. The standard InChI is InChI=1S/C20H23N2O/c1-14(23)20(18-3-2-12-22-13-18)17-6-4-15(5-7-17)16-8-10-19(21)11-9-16/h2-6,12-13,16,19-20H,8-11,21H2,1H3. The maximum Gasteiger partial charge on any atom is 0.141 e. The highest BCUT2D eigenvalue weighted by molar-refractivity contribution is 5.86. The summed E-state index contributed by atoms with van der Waals surface area (Å²) in [6.45, 7) is 1.63. The maximum atomic E-state index is 12.1. The van der Waals surface area contributed by atoms with Gasteiger partial charge in [-0.15, -0.1) is 0 Å². The maximum absolute atomic E-state index is 12.1. The van der Waals surface area contributed by atoms with Crippen LogP contribution >= 0.6 is 0 Å². The van der Waals surface area contributed by atoms with Gasteiger partial charge in [0.2, 0.25) is 0 Å². The highest BCUT2D eigenvalue weighted by Crippen LogP contribution is 2.33. The summed E-state index contributed by atoms with van der Waals surface area (Å²) in [6.07, 6.45) is 7.97. The number of aromatic nitrogens is 1. The third-order valence-electron chi connectivity index (χ3n) is 4.84. The summed E-state index contributed by atoms with van der Waals surface area (Å²) in [5, 5.41) is 0. The van der Waals surface area contributed by atoms with Crippen molar-refractivity contribution >= 4 is 5.78 Å². The predicted octanol–water partition coefficient (Wildman–Crippen LogP) is 3.59. The van der Waals surface area contributed by atoms with E-state index in [0.29, 0.717) is 12.0 Å². The van der Waals surface area contributed by atoms with Crippen LogP contribution in [0.5, 0.6) is 0 Å². The molecule has 0 bridgehead atoms. The molecule has 1 atom stereocenters. The lowest BCUT2D eigenvalue weighted by Crippen LogP contribution is -2.25. The van der Waals surface area contributed by atoms with E-state index in [9.17, 15) is 4.79 Å². The number of carbonyl (C=O) groups is 1. The molecule has 1 heterocycles. The summed E-state index contributed by atoms with van der Waals surface area (Å²) in [5.74, 6) is 0.414. The van der Waals surface area contributed by atoms with E-state index in [1.807, 2.05) is 18.2 Å². The van der Waals surface area contributed by atoms with Crippen LogP contribution in [0.25, 0.3) is 0 Å². The molecular weight excluding hydrogens is 284 g/mol. The van der Waals surface area contributed by atoms with Gasteiger partial charge in [0.25, 0.3) is 0 Å². The molecule has 23 heavy (non-hydrogen) atoms. The van der Waals surface area contributed by atoms with Crippen molar-refractivity contribution in [2.24, 2.45) is 5.73 Å². The number of ketones is 1. The summed E-state index contributed by atoms with van der Waals surface area (Å²) in [6, 6.07) is 13.8. The molecule has 1 aromatic carbocycles. The minimum Gasteiger partial charge on any atom is -0.328 e. The van der Waals surface area contributed by atoms with Gasteiger partial charge in [-0.05, 0) is 67.3 Å². The van der Waals surface area contributed by atoms with Crippen LogP contribution < -0.4 is 5.73 Å². The van der Waals surface area contributed by atoms with E-state index in [4.69, 9.17) is 5.73 Å². The van der Waals surface area contributed by atoms with E-state index >= 15 is 0 Å². The molecule has 3 rings (SSSR count). The van der Waals surface area contributed by atoms with Gasteiger partial charge in [0.15, 0.2) is 0 Å². The number of rotatable bonds is 4. The van der Waals surface area contributed by atoms with Crippen LogP contribution in [0.2, 0.25) is 0 Å². The summed E-state index contributed by atoms with van der Waals surface area (Å²) in [5.41, 5.74) is 9.14. The first-order chi connectivity index (χ1) is 11.1. The Labute approximate surface area is 137 Å². The van der Waals surface area contributed by atoms with Gasteiger partial charge in [0.1, 0.15) is 5.78 Å². The topological polar surface area (TPSA) is 56.0 Å². The van der Waals surface area contributed by atoms with E-state index in [1.165, 1.54) is 5.56 Å². The number of nitrogens with zero attached hydrogens (tertiary/aromatic N) is 1. The van der Waals surface area contributed by atoms with E-state index in [-0.39, 0.29) is 11.7 Å². The van der Waals surface area contributed by atoms with Crippen LogP contribution in [-0.2, 0) is 4.79 Å². The number of benzene rings is 1. The molecule has 1 radical (unpaired) electrons.